The smallest absolute Gasteiger partial charge is 0.173 e. The van der Waals surface area contributed by atoms with Gasteiger partial charge in [0.05, 0.1) is 46.2 Å². The summed E-state index contributed by atoms with van der Waals surface area (Å²) in [6, 6.07) is 3.88. The molecule has 0 aliphatic carbocycles. The lowest BCUT2D eigenvalue weighted by atomic mass is 10.6. The Morgan fingerprint density at radius 1 is 0.889 bits per heavy atom. The van der Waals surface area contributed by atoms with Crippen LogP contribution < -0.4 is 4.74 Å². The summed E-state index contributed by atoms with van der Waals surface area (Å²) in [6.07, 6.45) is 0. The third-order valence-corrected chi connectivity index (χ3v) is 2.73. The van der Waals surface area contributed by atoms with E-state index in [1.807, 2.05) is 17.5 Å². The summed E-state index contributed by atoms with van der Waals surface area (Å²) in [5.41, 5.74) is 0. The van der Waals surface area contributed by atoms with Crippen LogP contribution >= 0.6 is 11.3 Å². The Labute approximate surface area is 111 Å². The first kappa shape index (κ1) is 15.4. The molecule has 0 fully saturated rings. The van der Waals surface area contributed by atoms with Crippen LogP contribution in [0.1, 0.15) is 0 Å². The lowest BCUT2D eigenvalue weighted by Crippen LogP contribution is -2.13. The largest absolute Gasteiger partial charge is 0.482 e. The summed E-state index contributed by atoms with van der Waals surface area (Å²) >= 11 is 1.57. The van der Waals surface area contributed by atoms with Crippen molar-refractivity contribution in [3.05, 3.63) is 17.5 Å². The van der Waals surface area contributed by atoms with Gasteiger partial charge in [0, 0.05) is 0 Å². The Morgan fingerprint density at radius 3 is 2.06 bits per heavy atom. The van der Waals surface area contributed by atoms with E-state index in [9.17, 15) is 0 Å². The van der Waals surface area contributed by atoms with Gasteiger partial charge >= 0.3 is 0 Å². The van der Waals surface area contributed by atoms with Crippen LogP contribution in [0, 0.1) is 0 Å². The zero-order valence-electron chi connectivity index (χ0n) is 10.4. The van der Waals surface area contributed by atoms with Crippen molar-refractivity contribution in [1.29, 1.82) is 0 Å². The van der Waals surface area contributed by atoms with Gasteiger partial charge in [0.1, 0.15) is 6.61 Å². The molecule has 0 saturated heterocycles. The fourth-order valence-electron chi connectivity index (χ4n) is 1.15. The third-order valence-electron chi connectivity index (χ3n) is 1.95. The lowest BCUT2D eigenvalue weighted by molar-refractivity contribution is 0.00376. The van der Waals surface area contributed by atoms with Crippen LogP contribution in [0.3, 0.4) is 0 Å². The molecule has 1 heterocycles. The molecule has 104 valence electrons. The summed E-state index contributed by atoms with van der Waals surface area (Å²) in [4.78, 5) is 0. The van der Waals surface area contributed by atoms with E-state index in [2.05, 4.69) is 0 Å². The molecule has 0 aliphatic rings. The van der Waals surface area contributed by atoms with Crippen molar-refractivity contribution in [3.63, 3.8) is 0 Å². The molecule has 0 atom stereocenters. The molecule has 1 aromatic rings. The average Bonchev–Trinajstić information content (AvgIpc) is 2.89. The number of rotatable bonds is 12. The van der Waals surface area contributed by atoms with Crippen LogP contribution in [-0.2, 0) is 14.2 Å². The van der Waals surface area contributed by atoms with Gasteiger partial charge in [-0.15, -0.1) is 11.3 Å². The average molecular weight is 276 g/mol. The summed E-state index contributed by atoms with van der Waals surface area (Å²) in [5.74, 6) is 0. The maximum Gasteiger partial charge on any atom is 0.173 e. The van der Waals surface area contributed by atoms with E-state index >= 15 is 0 Å². The Balaban J connectivity index is 1.73. The quantitative estimate of drug-likeness (QED) is 0.581. The highest BCUT2D eigenvalue weighted by molar-refractivity contribution is 7.11. The summed E-state index contributed by atoms with van der Waals surface area (Å²) in [6.45, 7) is 3.64. The van der Waals surface area contributed by atoms with Crippen molar-refractivity contribution in [1.82, 2.24) is 0 Å². The van der Waals surface area contributed by atoms with Gasteiger partial charge < -0.3 is 24.1 Å². The summed E-state index contributed by atoms with van der Waals surface area (Å²) in [5, 5.41) is 11.3. The number of aliphatic hydroxyl groups is 1. The Kier molecular flexibility index (Phi) is 9.78. The minimum Gasteiger partial charge on any atom is -0.482 e. The highest BCUT2D eigenvalue weighted by Crippen LogP contribution is 2.17. The van der Waals surface area contributed by atoms with Gasteiger partial charge in [-0.25, -0.2) is 0 Å². The number of aliphatic hydroxyl groups excluding tert-OH is 1. The zero-order valence-corrected chi connectivity index (χ0v) is 11.2. The fraction of sp³-hybridized carbons (Fsp3) is 0.667. The van der Waals surface area contributed by atoms with Crippen molar-refractivity contribution in [2.75, 3.05) is 52.9 Å². The molecular formula is C12H20O5S. The molecule has 6 heteroatoms. The van der Waals surface area contributed by atoms with Crippen LogP contribution in [0.25, 0.3) is 0 Å². The fourth-order valence-corrected chi connectivity index (χ4v) is 1.75. The topological polar surface area (TPSA) is 57.2 Å². The lowest BCUT2D eigenvalue weighted by Gasteiger charge is -2.06. The minimum atomic E-state index is 0.0490. The van der Waals surface area contributed by atoms with E-state index < -0.39 is 0 Å². The van der Waals surface area contributed by atoms with Gasteiger partial charge in [-0.2, -0.15) is 0 Å². The summed E-state index contributed by atoms with van der Waals surface area (Å²) in [7, 11) is 0. The van der Waals surface area contributed by atoms with E-state index in [1.165, 1.54) is 0 Å². The van der Waals surface area contributed by atoms with Crippen molar-refractivity contribution < 1.29 is 24.1 Å². The number of thiophene rings is 1. The molecular weight excluding hydrogens is 256 g/mol. The van der Waals surface area contributed by atoms with E-state index in [1.54, 1.807) is 11.3 Å². The molecule has 0 amide bonds. The Bertz CT molecular complexity index is 265. The number of ether oxygens (including phenoxy) is 4. The van der Waals surface area contributed by atoms with Crippen LogP contribution in [0.15, 0.2) is 17.5 Å². The maximum absolute atomic E-state index is 8.46. The predicted molar refractivity (Wildman–Crippen MR) is 69.4 cm³/mol. The third kappa shape index (κ3) is 8.43. The van der Waals surface area contributed by atoms with Crippen LogP contribution in [0.2, 0.25) is 0 Å². The predicted octanol–water partition coefficient (Wildman–Crippen LogP) is 1.17. The van der Waals surface area contributed by atoms with Crippen LogP contribution in [0.4, 0.5) is 0 Å². The van der Waals surface area contributed by atoms with Gasteiger partial charge in [-0.05, 0) is 17.5 Å². The number of hydrogen-bond donors (Lipinski definition) is 1. The van der Waals surface area contributed by atoms with Crippen LogP contribution in [-0.4, -0.2) is 58.0 Å². The Morgan fingerprint density at radius 2 is 1.50 bits per heavy atom. The summed E-state index contributed by atoms with van der Waals surface area (Å²) < 4.78 is 21.1. The molecule has 1 rings (SSSR count). The second-order valence-corrected chi connectivity index (χ2v) is 4.25. The van der Waals surface area contributed by atoms with Gasteiger partial charge in [-0.1, -0.05) is 0 Å². The molecule has 0 unspecified atom stereocenters. The normalized spacial score (nSPS) is 10.7. The van der Waals surface area contributed by atoms with E-state index in [0.717, 1.165) is 5.06 Å². The van der Waals surface area contributed by atoms with Gasteiger partial charge in [0.25, 0.3) is 0 Å². The molecule has 0 spiro atoms. The molecule has 0 saturated carbocycles. The highest BCUT2D eigenvalue weighted by atomic mass is 32.1. The first-order chi connectivity index (χ1) is 8.93. The first-order valence-electron chi connectivity index (χ1n) is 5.94. The molecule has 1 aromatic heterocycles. The molecule has 0 aromatic carbocycles. The second-order valence-electron chi connectivity index (χ2n) is 3.34. The molecule has 5 nitrogen and oxygen atoms in total. The molecule has 0 radical (unpaired) electrons. The molecule has 18 heavy (non-hydrogen) atoms. The van der Waals surface area contributed by atoms with Crippen molar-refractivity contribution >= 4 is 11.3 Å². The van der Waals surface area contributed by atoms with Gasteiger partial charge in [-0.3, -0.25) is 0 Å². The highest BCUT2D eigenvalue weighted by Gasteiger charge is 1.94. The first-order valence-corrected chi connectivity index (χ1v) is 6.82. The zero-order chi connectivity index (χ0) is 12.9. The monoisotopic (exact) mass is 276 g/mol. The van der Waals surface area contributed by atoms with Crippen LogP contribution in [0.5, 0.6) is 5.06 Å². The van der Waals surface area contributed by atoms with Crippen molar-refractivity contribution in [2.45, 2.75) is 0 Å². The minimum absolute atomic E-state index is 0.0490. The molecule has 0 bridgehead atoms. The molecule has 1 N–H and O–H groups in total. The van der Waals surface area contributed by atoms with Crippen molar-refractivity contribution in [2.24, 2.45) is 0 Å². The standard InChI is InChI=1S/C12H20O5S/c13-3-4-14-5-6-15-7-8-16-9-10-17-12-2-1-11-18-12/h1-2,11,13H,3-10H2. The van der Waals surface area contributed by atoms with Gasteiger partial charge in [0.2, 0.25) is 0 Å². The van der Waals surface area contributed by atoms with E-state index in [4.69, 9.17) is 24.1 Å². The molecule has 0 aliphatic heterocycles. The number of hydrogen-bond acceptors (Lipinski definition) is 6. The van der Waals surface area contributed by atoms with Crippen molar-refractivity contribution in [3.8, 4) is 5.06 Å². The Hall–Kier alpha value is -0.660. The van der Waals surface area contributed by atoms with E-state index in [-0.39, 0.29) is 6.61 Å². The second kappa shape index (κ2) is 11.4. The maximum atomic E-state index is 8.46. The van der Waals surface area contributed by atoms with E-state index in [0.29, 0.717) is 46.2 Å². The SMILES string of the molecule is OCCOCCOCCOCCOc1cccs1. The van der Waals surface area contributed by atoms with Gasteiger partial charge in [0.15, 0.2) is 5.06 Å².